The van der Waals surface area contributed by atoms with E-state index in [0.29, 0.717) is 5.41 Å². The molecule has 0 saturated carbocycles. The lowest BCUT2D eigenvalue weighted by molar-refractivity contribution is -0.660. The molecule has 2 nitrogen and oxygen atoms in total. The lowest BCUT2D eigenvalue weighted by Crippen LogP contribution is -2.30. The molecule has 33 heavy (non-hydrogen) atoms. The lowest BCUT2D eigenvalue weighted by atomic mass is 9.90. The second-order valence-electron chi connectivity index (χ2n) is 10.6. The molecule has 1 aliphatic carbocycles. The highest BCUT2D eigenvalue weighted by Crippen LogP contribution is 2.43. The van der Waals surface area contributed by atoms with E-state index >= 15 is 0 Å². The standard InChI is InChI=1S/C31H30NO/c1-19-12-13-25-23-9-8-10-24(26-16-22-18-31(3,4)17-21(22)15-20(26)2)29(23)33-30(25)28(19)27-11-6-7-14-32(27)5/h6-16H,17-18H2,1-5H3/q+1. The van der Waals surface area contributed by atoms with Crippen molar-refractivity contribution in [2.75, 3.05) is 0 Å². The molecule has 3 aromatic carbocycles. The van der Waals surface area contributed by atoms with Crippen LogP contribution < -0.4 is 4.57 Å². The van der Waals surface area contributed by atoms with Crippen LogP contribution in [0.3, 0.4) is 0 Å². The van der Waals surface area contributed by atoms with Crippen LogP contribution in [0.4, 0.5) is 0 Å². The van der Waals surface area contributed by atoms with Crippen LogP contribution in [0.1, 0.15) is 36.1 Å². The van der Waals surface area contributed by atoms with Gasteiger partial charge in [0.15, 0.2) is 6.20 Å². The van der Waals surface area contributed by atoms with Gasteiger partial charge in [-0.05, 0) is 66.0 Å². The molecular formula is C31H30NO+. The van der Waals surface area contributed by atoms with E-state index in [1.165, 1.54) is 49.7 Å². The van der Waals surface area contributed by atoms with Crippen LogP contribution in [0, 0.1) is 19.3 Å². The van der Waals surface area contributed by atoms with Crippen LogP contribution in [0.25, 0.3) is 44.3 Å². The van der Waals surface area contributed by atoms with E-state index in [4.69, 9.17) is 4.42 Å². The molecule has 0 fully saturated rings. The molecule has 5 aromatic rings. The number of aromatic nitrogens is 1. The van der Waals surface area contributed by atoms with E-state index < -0.39 is 0 Å². The van der Waals surface area contributed by atoms with Gasteiger partial charge in [-0.15, -0.1) is 0 Å². The summed E-state index contributed by atoms with van der Waals surface area (Å²) < 4.78 is 8.93. The van der Waals surface area contributed by atoms with E-state index in [-0.39, 0.29) is 0 Å². The third kappa shape index (κ3) is 3.12. The Morgan fingerprint density at radius 1 is 0.758 bits per heavy atom. The Hall–Kier alpha value is -3.39. The molecule has 0 amide bonds. The normalized spacial score (nSPS) is 14.8. The van der Waals surface area contributed by atoms with Gasteiger partial charge in [0.25, 0.3) is 0 Å². The van der Waals surface area contributed by atoms with Crippen molar-refractivity contribution < 1.29 is 8.98 Å². The van der Waals surface area contributed by atoms with Crippen molar-refractivity contribution in [2.45, 2.75) is 40.5 Å². The summed E-state index contributed by atoms with van der Waals surface area (Å²) in [6.45, 7) is 9.15. The van der Waals surface area contributed by atoms with Gasteiger partial charge in [0, 0.05) is 28.5 Å². The van der Waals surface area contributed by atoms with E-state index in [9.17, 15) is 0 Å². The molecule has 0 radical (unpaired) electrons. The van der Waals surface area contributed by atoms with Crippen molar-refractivity contribution in [3.63, 3.8) is 0 Å². The Morgan fingerprint density at radius 2 is 1.52 bits per heavy atom. The molecule has 2 heteroatoms. The van der Waals surface area contributed by atoms with Gasteiger partial charge >= 0.3 is 0 Å². The maximum absolute atomic E-state index is 6.76. The lowest BCUT2D eigenvalue weighted by Gasteiger charge is -2.14. The first-order valence-electron chi connectivity index (χ1n) is 11.8. The number of benzene rings is 3. The molecule has 2 aromatic heterocycles. The van der Waals surface area contributed by atoms with Gasteiger partial charge in [0.05, 0.1) is 5.56 Å². The summed E-state index contributed by atoms with van der Waals surface area (Å²) in [7, 11) is 2.09. The van der Waals surface area contributed by atoms with Crippen LogP contribution in [0.15, 0.2) is 71.3 Å². The summed E-state index contributed by atoms with van der Waals surface area (Å²) >= 11 is 0. The van der Waals surface area contributed by atoms with Gasteiger partial charge in [-0.3, -0.25) is 0 Å². The smallest absolute Gasteiger partial charge is 0.216 e. The molecule has 0 atom stereocenters. The number of para-hydroxylation sites is 1. The SMILES string of the molecule is Cc1cc2c(cc1-c1cccc3c1oc1c(-c4cccc[n+]4C)c(C)ccc13)CC(C)(C)C2. The van der Waals surface area contributed by atoms with Crippen LogP contribution in [0.2, 0.25) is 0 Å². The minimum atomic E-state index is 0.344. The summed E-state index contributed by atoms with van der Waals surface area (Å²) in [5, 5.41) is 2.36. The van der Waals surface area contributed by atoms with Gasteiger partial charge in [0.2, 0.25) is 5.69 Å². The third-order valence-electron chi connectivity index (χ3n) is 7.36. The molecule has 2 heterocycles. The van der Waals surface area contributed by atoms with Gasteiger partial charge in [-0.25, -0.2) is 4.57 Å². The minimum absolute atomic E-state index is 0.344. The molecule has 0 unspecified atom stereocenters. The largest absolute Gasteiger partial charge is 0.454 e. The van der Waals surface area contributed by atoms with Crippen LogP contribution in [-0.2, 0) is 19.9 Å². The van der Waals surface area contributed by atoms with Crippen LogP contribution in [0.5, 0.6) is 0 Å². The van der Waals surface area contributed by atoms with E-state index in [0.717, 1.165) is 29.7 Å². The zero-order valence-electron chi connectivity index (χ0n) is 20.1. The number of hydrogen-bond acceptors (Lipinski definition) is 1. The molecule has 0 N–H and O–H groups in total. The average Bonchev–Trinajstić information content (AvgIpc) is 3.29. The number of hydrogen-bond donors (Lipinski definition) is 0. The number of pyridine rings is 1. The first-order chi connectivity index (χ1) is 15.8. The predicted octanol–water partition coefficient (Wildman–Crippen LogP) is 7.49. The Kier molecular flexibility index (Phi) is 4.32. The van der Waals surface area contributed by atoms with Crippen LogP contribution >= 0.6 is 0 Å². The monoisotopic (exact) mass is 432 g/mol. The molecule has 1 aliphatic rings. The maximum Gasteiger partial charge on any atom is 0.216 e. The quantitative estimate of drug-likeness (QED) is 0.264. The van der Waals surface area contributed by atoms with E-state index in [2.05, 4.69) is 106 Å². The zero-order chi connectivity index (χ0) is 22.9. The topological polar surface area (TPSA) is 17.0 Å². The summed E-state index contributed by atoms with van der Waals surface area (Å²) in [4.78, 5) is 0. The highest BCUT2D eigenvalue weighted by atomic mass is 16.3. The second-order valence-corrected chi connectivity index (χ2v) is 10.6. The predicted molar refractivity (Wildman–Crippen MR) is 136 cm³/mol. The third-order valence-corrected chi connectivity index (χ3v) is 7.36. The number of aryl methyl sites for hydroxylation is 3. The van der Waals surface area contributed by atoms with Gasteiger partial charge in [-0.1, -0.05) is 56.3 Å². The molecule has 6 rings (SSSR count). The fourth-order valence-electron chi connectivity index (χ4n) is 5.80. The summed E-state index contributed by atoms with van der Waals surface area (Å²) in [6, 6.07) is 22.2. The van der Waals surface area contributed by atoms with Crippen molar-refractivity contribution >= 4 is 21.9 Å². The van der Waals surface area contributed by atoms with E-state index in [1.807, 2.05) is 0 Å². The van der Waals surface area contributed by atoms with Crippen molar-refractivity contribution in [1.82, 2.24) is 0 Å². The highest BCUT2D eigenvalue weighted by Gasteiger charge is 2.29. The number of rotatable bonds is 2. The number of nitrogens with zero attached hydrogens (tertiary/aromatic N) is 1. The van der Waals surface area contributed by atoms with Gasteiger partial charge in [0.1, 0.15) is 18.2 Å². The Labute approximate surface area is 195 Å². The summed E-state index contributed by atoms with van der Waals surface area (Å²) in [5.41, 5.74) is 12.7. The molecule has 0 spiro atoms. The molecule has 0 saturated heterocycles. The highest BCUT2D eigenvalue weighted by molar-refractivity contribution is 6.13. The fraction of sp³-hybridized carbons (Fsp3) is 0.258. The van der Waals surface area contributed by atoms with E-state index in [1.54, 1.807) is 0 Å². The first-order valence-corrected chi connectivity index (χ1v) is 11.8. The van der Waals surface area contributed by atoms with Crippen LogP contribution in [-0.4, -0.2) is 0 Å². The molecule has 0 aliphatic heterocycles. The molecular weight excluding hydrogens is 402 g/mol. The summed E-state index contributed by atoms with van der Waals surface area (Å²) in [5.74, 6) is 0. The Morgan fingerprint density at radius 3 is 2.30 bits per heavy atom. The van der Waals surface area contributed by atoms with Crippen molar-refractivity contribution in [3.05, 3.63) is 89.1 Å². The second kappa shape index (κ2) is 7.05. The first kappa shape index (κ1) is 20.2. The maximum atomic E-state index is 6.76. The average molecular weight is 433 g/mol. The van der Waals surface area contributed by atoms with Crippen molar-refractivity contribution in [2.24, 2.45) is 12.5 Å². The number of fused-ring (bicyclic) bond motifs is 4. The Balaban J connectivity index is 1.63. The van der Waals surface area contributed by atoms with Gasteiger partial charge < -0.3 is 4.42 Å². The number of furan rings is 1. The van der Waals surface area contributed by atoms with Crippen molar-refractivity contribution in [1.29, 1.82) is 0 Å². The minimum Gasteiger partial charge on any atom is -0.454 e. The zero-order valence-corrected chi connectivity index (χ0v) is 20.1. The van der Waals surface area contributed by atoms with Crippen molar-refractivity contribution in [3.8, 4) is 22.4 Å². The molecule has 0 bridgehead atoms. The van der Waals surface area contributed by atoms with Gasteiger partial charge in [-0.2, -0.15) is 0 Å². The fourth-order valence-corrected chi connectivity index (χ4v) is 5.80. The molecule has 164 valence electrons. The summed E-state index contributed by atoms with van der Waals surface area (Å²) in [6.07, 6.45) is 4.39. The Bertz CT molecular complexity index is 1570.